The van der Waals surface area contributed by atoms with E-state index in [9.17, 15) is 4.79 Å². The lowest BCUT2D eigenvalue weighted by Crippen LogP contribution is -2.33. The number of benzene rings is 2. The second-order valence-electron chi connectivity index (χ2n) is 5.93. The molecule has 0 aromatic heterocycles. The molecular weight excluding hydrogens is 332 g/mol. The van der Waals surface area contributed by atoms with Gasteiger partial charge in [0.05, 0.1) is 20.4 Å². The molecule has 26 heavy (non-hydrogen) atoms. The van der Waals surface area contributed by atoms with Gasteiger partial charge in [0.2, 0.25) is 0 Å². The number of aryl methyl sites for hydroxylation is 2. The number of ether oxygens (including phenoxy) is 3. The molecule has 1 N–H and O–H groups in total. The van der Waals surface area contributed by atoms with Crippen LogP contribution >= 0.6 is 0 Å². The Hall–Kier alpha value is -3.02. The zero-order chi connectivity index (χ0) is 19.1. The number of rotatable bonds is 7. The molecule has 138 valence electrons. The number of amides is 1. The second kappa shape index (κ2) is 8.89. The van der Waals surface area contributed by atoms with Gasteiger partial charge in [0, 0.05) is 0 Å². The molecule has 0 heterocycles. The fourth-order valence-corrected chi connectivity index (χ4v) is 2.45. The van der Waals surface area contributed by atoms with Gasteiger partial charge in [0.15, 0.2) is 17.6 Å². The fourth-order valence-electron chi connectivity index (χ4n) is 2.45. The van der Waals surface area contributed by atoms with Gasteiger partial charge in [-0.1, -0.05) is 6.07 Å². The Morgan fingerprint density at radius 3 is 2.31 bits per heavy atom. The third-order valence-electron chi connectivity index (χ3n) is 3.67. The number of hydrazone groups is 1. The maximum Gasteiger partial charge on any atom is 0.280 e. The van der Waals surface area contributed by atoms with E-state index in [1.54, 1.807) is 33.3 Å². The number of carbonyl (C=O) groups is 1. The molecule has 0 spiro atoms. The third kappa shape index (κ3) is 5.24. The molecule has 0 radical (unpaired) electrons. The van der Waals surface area contributed by atoms with E-state index in [0.717, 1.165) is 16.7 Å². The summed E-state index contributed by atoms with van der Waals surface area (Å²) in [5, 5.41) is 3.97. The lowest BCUT2D eigenvalue weighted by Gasteiger charge is -2.14. The van der Waals surface area contributed by atoms with E-state index in [1.165, 1.54) is 6.21 Å². The standard InChI is InChI=1S/C20H24N2O4/c1-13-8-14(2)10-17(9-13)26-15(3)20(23)22-21-12-16-6-7-18(24-4)19(11-16)25-5/h6-12,15H,1-5H3,(H,22,23). The lowest BCUT2D eigenvalue weighted by atomic mass is 10.1. The molecule has 0 aliphatic heterocycles. The van der Waals surface area contributed by atoms with E-state index >= 15 is 0 Å². The molecule has 0 aliphatic carbocycles. The van der Waals surface area contributed by atoms with Gasteiger partial charge in [-0.25, -0.2) is 5.43 Å². The van der Waals surface area contributed by atoms with E-state index in [0.29, 0.717) is 17.2 Å². The summed E-state index contributed by atoms with van der Waals surface area (Å²) >= 11 is 0. The van der Waals surface area contributed by atoms with Crippen LogP contribution in [0.5, 0.6) is 17.2 Å². The Morgan fingerprint density at radius 2 is 1.69 bits per heavy atom. The van der Waals surface area contributed by atoms with Crippen molar-refractivity contribution < 1.29 is 19.0 Å². The topological polar surface area (TPSA) is 69.2 Å². The van der Waals surface area contributed by atoms with Crippen molar-refractivity contribution in [3.8, 4) is 17.2 Å². The van der Waals surface area contributed by atoms with E-state index in [-0.39, 0.29) is 5.91 Å². The molecule has 6 heteroatoms. The first-order chi connectivity index (χ1) is 12.4. The van der Waals surface area contributed by atoms with Crippen molar-refractivity contribution >= 4 is 12.1 Å². The van der Waals surface area contributed by atoms with Crippen LogP contribution in [0.15, 0.2) is 41.5 Å². The highest BCUT2D eigenvalue weighted by Gasteiger charge is 2.14. The first-order valence-corrected chi connectivity index (χ1v) is 8.23. The molecule has 0 fully saturated rings. The van der Waals surface area contributed by atoms with Crippen molar-refractivity contribution in [1.82, 2.24) is 5.43 Å². The lowest BCUT2D eigenvalue weighted by molar-refractivity contribution is -0.127. The minimum atomic E-state index is -0.668. The van der Waals surface area contributed by atoms with Gasteiger partial charge in [-0.2, -0.15) is 5.10 Å². The van der Waals surface area contributed by atoms with Crippen LogP contribution in [-0.2, 0) is 4.79 Å². The highest BCUT2D eigenvalue weighted by atomic mass is 16.5. The summed E-state index contributed by atoms with van der Waals surface area (Å²) in [4.78, 5) is 12.1. The van der Waals surface area contributed by atoms with Gasteiger partial charge >= 0.3 is 0 Å². The monoisotopic (exact) mass is 356 g/mol. The Balaban J connectivity index is 1.95. The number of nitrogens with zero attached hydrogens (tertiary/aromatic N) is 1. The summed E-state index contributed by atoms with van der Waals surface area (Å²) in [6.45, 7) is 5.65. The smallest absolute Gasteiger partial charge is 0.280 e. The minimum Gasteiger partial charge on any atom is -0.493 e. The van der Waals surface area contributed by atoms with Crippen LogP contribution in [-0.4, -0.2) is 32.4 Å². The van der Waals surface area contributed by atoms with Gasteiger partial charge in [-0.05, 0) is 67.8 Å². The summed E-state index contributed by atoms with van der Waals surface area (Å²) in [7, 11) is 3.13. The molecule has 0 aliphatic rings. The van der Waals surface area contributed by atoms with Gasteiger partial charge in [0.1, 0.15) is 5.75 Å². The normalized spacial score (nSPS) is 11.9. The SMILES string of the molecule is COc1ccc(C=NNC(=O)C(C)Oc2cc(C)cc(C)c2)cc1OC. The van der Waals surface area contributed by atoms with Gasteiger partial charge < -0.3 is 14.2 Å². The molecule has 6 nitrogen and oxygen atoms in total. The van der Waals surface area contributed by atoms with Crippen molar-refractivity contribution in [2.24, 2.45) is 5.10 Å². The molecule has 0 saturated carbocycles. The van der Waals surface area contributed by atoms with Crippen LogP contribution in [0.1, 0.15) is 23.6 Å². The predicted octanol–water partition coefficient (Wildman–Crippen LogP) is 3.24. The van der Waals surface area contributed by atoms with Crippen molar-refractivity contribution in [3.63, 3.8) is 0 Å². The maximum absolute atomic E-state index is 12.1. The number of methoxy groups -OCH3 is 2. The van der Waals surface area contributed by atoms with Gasteiger partial charge in [0.25, 0.3) is 5.91 Å². The molecule has 0 bridgehead atoms. The summed E-state index contributed by atoms with van der Waals surface area (Å²) < 4.78 is 16.1. The zero-order valence-corrected chi connectivity index (χ0v) is 15.7. The molecule has 1 amide bonds. The van der Waals surface area contributed by atoms with Gasteiger partial charge in [-0.3, -0.25) is 4.79 Å². The molecule has 1 unspecified atom stereocenters. The zero-order valence-electron chi connectivity index (χ0n) is 15.7. The Morgan fingerprint density at radius 1 is 1.04 bits per heavy atom. The van der Waals surface area contributed by atoms with E-state index in [2.05, 4.69) is 10.5 Å². The minimum absolute atomic E-state index is 0.333. The Kier molecular flexibility index (Phi) is 6.60. The van der Waals surface area contributed by atoms with E-state index < -0.39 is 6.10 Å². The number of carbonyl (C=O) groups excluding carboxylic acids is 1. The first kappa shape index (κ1) is 19.3. The second-order valence-corrected chi connectivity index (χ2v) is 5.93. The van der Waals surface area contributed by atoms with Crippen molar-refractivity contribution in [2.45, 2.75) is 26.9 Å². The quantitative estimate of drug-likeness (QED) is 0.611. The van der Waals surface area contributed by atoms with Crippen LogP contribution in [0.4, 0.5) is 0 Å². The summed E-state index contributed by atoms with van der Waals surface area (Å²) in [5.74, 6) is 1.55. The van der Waals surface area contributed by atoms with Crippen molar-refractivity contribution in [2.75, 3.05) is 14.2 Å². The molecule has 2 rings (SSSR count). The number of hydrogen-bond acceptors (Lipinski definition) is 5. The first-order valence-electron chi connectivity index (χ1n) is 8.23. The Labute approximate surface area is 153 Å². The average molecular weight is 356 g/mol. The maximum atomic E-state index is 12.1. The van der Waals surface area contributed by atoms with Crippen molar-refractivity contribution in [3.05, 3.63) is 53.1 Å². The average Bonchev–Trinajstić information content (AvgIpc) is 2.60. The highest BCUT2D eigenvalue weighted by molar-refractivity contribution is 5.84. The molecule has 2 aromatic rings. The third-order valence-corrected chi connectivity index (χ3v) is 3.67. The van der Waals surface area contributed by atoms with Crippen LogP contribution in [0.3, 0.4) is 0 Å². The fraction of sp³-hybridized carbons (Fsp3) is 0.300. The number of hydrogen-bond donors (Lipinski definition) is 1. The summed E-state index contributed by atoms with van der Waals surface area (Å²) in [6, 6.07) is 11.2. The highest BCUT2D eigenvalue weighted by Crippen LogP contribution is 2.26. The molecular formula is C20H24N2O4. The summed E-state index contributed by atoms with van der Waals surface area (Å²) in [5.41, 5.74) is 5.41. The molecule has 0 saturated heterocycles. The predicted molar refractivity (Wildman–Crippen MR) is 101 cm³/mol. The largest absolute Gasteiger partial charge is 0.493 e. The van der Waals surface area contributed by atoms with Gasteiger partial charge in [-0.15, -0.1) is 0 Å². The van der Waals surface area contributed by atoms with E-state index in [4.69, 9.17) is 14.2 Å². The van der Waals surface area contributed by atoms with Crippen molar-refractivity contribution in [1.29, 1.82) is 0 Å². The van der Waals surface area contributed by atoms with Crippen LogP contribution < -0.4 is 19.6 Å². The molecule has 1 atom stereocenters. The van der Waals surface area contributed by atoms with Crippen LogP contribution in [0.25, 0.3) is 0 Å². The van der Waals surface area contributed by atoms with E-state index in [1.807, 2.05) is 38.1 Å². The Bertz CT molecular complexity index is 782. The number of nitrogens with one attached hydrogen (secondary N) is 1. The summed E-state index contributed by atoms with van der Waals surface area (Å²) in [6.07, 6.45) is 0.863. The van der Waals surface area contributed by atoms with Crippen LogP contribution in [0, 0.1) is 13.8 Å². The van der Waals surface area contributed by atoms with Crippen LogP contribution in [0.2, 0.25) is 0 Å². The molecule has 2 aromatic carbocycles.